The summed E-state index contributed by atoms with van der Waals surface area (Å²) in [4.78, 5) is 14.3. The normalized spacial score (nSPS) is 11.9. The van der Waals surface area contributed by atoms with Crippen LogP contribution in [0.25, 0.3) is 0 Å². The summed E-state index contributed by atoms with van der Waals surface area (Å²) in [5.41, 5.74) is 6.36. The molecule has 1 heterocycles. The van der Waals surface area contributed by atoms with Crippen LogP contribution >= 0.6 is 11.3 Å². The number of para-hydroxylation sites is 2. The lowest BCUT2D eigenvalue weighted by atomic mass is 10.2. The van der Waals surface area contributed by atoms with Gasteiger partial charge in [0.25, 0.3) is 0 Å². The van der Waals surface area contributed by atoms with Crippen LogP contribution in [0.4, 0.5) is 5.69 Å². The maximum atomic E-state index is 11.9. The number of thiophene rings is 1. The maximum absolute atomic E-state index is 11.9. The third-order valence-corrected chi connectivity index (χ3v) is 4.25. The molecule has 1 aromatic carbocycles. The zero-order chi connectivity index (χ0) is 15.2. The summed E-state index contributed by atoms with van der Waals surface area (Å²) in [5.74, 6) is 0.593. The molecule has 3 N–H and O–H groups in total. The van der Waals surface area contributed by atoms with E-state index < -0.39 is 0 Å². The van der Waals surface area contributed by atoms with Gasteiger partial charge in [0.15, 0.2) is 0 Å². The third kappa shape index (κ3) is 4.49. The van der Waals surface area contributed by atoms with E-state index in [1.54, 1.807) is 23.5 Å². The molecular weight excluding hydrogens is 284 g/mol. The van der Waals surface area contributed by atoms with Crippen LogP contribution < -0.4 is 15.8 Å². The van der Waals surface area contributed by atoms with Gasteiger partial charge in [-0.25, -0.2) is 0 Å². The van der Waals surface area contributed by atoms with Gasteiger partial charge in [0.2, 0.25) is 5.91 Å². The average Bonchev–Trinajstić information content (AvgIpc) is 2.88. The molecule has 0 spiro atoms. The number of hydrogen-bond acceptors (Lipinski definition) is 4. The zero-order valence-electron chi connectivity index (χ0n) is 12.3. The molecule has 0 fully saturated rings. The zero-order valence-corrected chi connectivity index (χ0v) is 13.1. The molecule has 0 aliphatic carbocycles. The Hall–Kier alpha value is -2.01. The van der Waals surface area contributed by atoms with Crippen molar-refractivity contribution < 1.29 is 9.53 Å². The van der Waals surface area contributed by atoms with Gasteiger partial charge in [0.1, 0.15) is 5.75 Å². The summed E-state index contributed by atoms with van der Waals surface area (Å²) in [7, 11) is 0. The van der Waals surface area contributed by atoms with E-state index in [0.717, 1.165) is 4.88 Å². The third-order valence-electron chi connectivity index (χ3n) is 3.07. The average molecular weight is 304 g/mol. The Morgan fingerprint density at radius 3 is 2.76 bits per heavy atom. The smallest absolute Gasteiger partial charge is 0.223 e. The molecule has 1 unspecified atom stereocenters. The van der Waals surface area contributed by atoms with E-state index >= 15 is 0 Å². The van der Waals surface area contributed by atoms with Crippen molar-refractivity contribution in [3.8, 4) is 5.75 Å². The van der Waals surface area contributed by atoms with Crippen molar-refractivity contribution in [1.82, 2.24) is 5.32 Å². The Morgan fingerprint density at radius 1 is 1.33 bits per heavy atom. The van der Waals surface area contributed by atoms with Crippen LogP contribution in [0.15, 0.2) is 36.4 Å². The first-order valence-corrected chi connectivity index (χ1v) is 7.71. The van der Waals surface area contributed by atoms with Crippen LogP contribution in [0.2, 0.25) is 0 Å². The van der Waals surface area contributed by atoms with Crippen molar-refractivity contribution in [3.05, 3.63) is 46.2 Å². The Bertz CT molecular complexity index is 610. The number of ether oxygens (including phenoxy) is 1. The van der Waals surface area contributed by atoms with Crippen LogP contribution in [-0.2, 0) is 4.79 Å². The number of carbonyl (C=O) groups is 1. The van der Waals surface area contributed by atoms with Crippen LogP contribution in [0.3, 0.4) is 0 Å². The van der Waals surface area contributed by atoms with Gasteiger partial charge in [-0.15, -0.1) is 11.3 Å². The summed E-state index contributed by atoms with van der Waals surface area (Å²) in [6.07, 6.45) is 0.309. The van der Waals surface area contributed by atoms with Crippen LogP contribution in [0.1, 0.15) is 29.1 Å². The topological polar surface area (TPSA) is 64.3 Å². The molecule has 0 radical (unpaired) electrons. The van der Waals surface area contributed by atoms with E-state index in [2.05, 4.69) is 18.3 Å². The number of anilines is 1. The molecule has 0 saturated carbocycles. The van der Waals surface area contributed by atoms with Gasteiger partial charge in [0.05, 0.1) is 24.8 Å². The largest absolute Gasteiger partial charge is 0.491 e. The minimum atomic E-state index is -0.0249. The van der Waals surface area contributed by atoms with Gasteiger partial charge in [-0.3, -0.25) is 4.79 Å². The molecular formula is C16H20N2O2S. The SMILES string of the molecule is Cc1ccc(C(C)NC(=O)CCOc2ccccc2N)s1. The second-order valence-corrected chi connectivity index (χ2v) is 6.19. The van der Waals surface area contributed by atoms with E-state index in [1.807, 2.05) is 25.1 Å². The first-order valence-electron chi connectivity index (χ1n) is 6.89. The van der Waals surface area contributed by atoms with Gasteiger partial charge < -0.3 is 15.8 Å². The number of nitrogen functional groups attached to an aromatic ring is 1. The van der Waals surface area contributed by atoms with Crippen molar-refractivity contribution >= 4 is 22.9 Å². The molecule has 2 rings (SSSR count). The van der Waals surface area contributed by atoms with Gasteiger partial charge in [-0.1, -0.05) is 12.1 Å². The van der Waals surface area contributed by atoms with Crippen molar-refractivity contribution in [1.29, 1.82) is 0 Å². The maximum Gasteiger partial charge on any atom is 0.223 e. The Kier molecular flexibility index (Phi) is 5.22. The molecule has 0 aliphatic heterocycles. The van der Waals surface area contributed by atoms with Gasteiger partial charge in [0, 0.05) is 9.75 Å². The fraction of sp³-hybridized carbons (Fsp3) is 0.312. The monoisotopic (exact) mass is 304 g/mol. The molecule has 21 heavy (non-hydrogen) atoms. The van der Waals surface area contributed by atoms with Crippen LogP contribution in [-0.4, -0.2) is 12.5 Å². The van der Waals surface area contributed by atoms with E-state index in [0.29, 0.717) is 24.5 Å². The quantitative estimate of drug-likeness (QED) is 0.805. The lowest BCUT2D eigenvalue weighted by molar-refractivity contribution is -0.122. The Balaban J connectivity index is 1.76. The minimum Gasteiger partial charge on any atom is -0.491 e. The summed E-state index contributed by atoms with van der Waals surface area (Å²) in [6.45, 7) is 4.36. The van der Waals surface area contributed by atoms with E-state index in [1.165, 1.54) is 4.88 Å². The van der Waals surface area contributed by atoms with Crippen molar-refractivity contribution in [2.75, 3.05) is 12.3 Å². The summed E-state index contributed by atoms with van der Waals surface area (Å²) >= 11 is 1.70. The fourth-order valence-electron chi connectivity index (χ4n) is 1.94. The molecule has 1 atom stereocenters. The van der Waals surface area contributed by atoms with Crippen LogP contribution in [0.5, 0.6) is 5.75 Å². The molecule has 112 valence electrons. The first-order chi connectivity index (χ1) is 10.1. The molecule has 4 nitrogen and oxygen atoms in total. The molecule has 0 aliphatic rings. The van der Waals surface area contributed by atoms with Crippen LogP contribution in [0, 0.1) is 6.92 Å². The number of rotatable bonds is 6. The van der Waals surface area contributed by atoms with Gasteiger partial charge in [-0.2, -0.15) is 0 Å². The minimum absolute atomic E-state index is 0.0249. The van der Waals surface area contributed by atoms with Crippen molar-refractivity contribution in [2.45, 2.75) is 26.3 Å². The lowest BCUT2D eigenvalue weighted by Gasteiger charge is -2.13. The highest BCUT2D eigenvalue weighted by molar-refractivity contribution is 7.12. The Labute approximate surface area is 128 Å². The van der Waals surface area contributed by atoms with Crippen molar-refractivity contribution in [3.63, 3.8) is 0 Å². The number of nitrogens with two attached hydrogens (primary N) is 1. The first kappa shape index (κ1) is 15.4. The molecule has 0 saturated heterocycles. The summed E-state index contributed by atoms with van der Waals surface area (Å²) in [5, 5.41) is 2.97. The lowest BCUT2D eigenvalue weighted by Crippen LogP contribution is -2.27. The highest BCUT2D eigenvalue weighted by Crippen LogP contribution is 2.22. The molecule has 1 amide bonds. The highest BCUT2D eigenvalue weighted by Gasteiger charge is 2.11. The molecule has 2 aromatic rings. The second-order valence-electron chi connectivity index (χ2n) is 4.87. The second kappa shape index (κ2) is 7.13. The number of nitrogens with one attached hydrogen (secondary N) is 1. The fourth-order valence-corrected chi connectivity index (χ4v) is 2.82. The molecule has 5 heteroatoms. The van der Waals surface area contributed by atoms with Gasteiger partial charge >= 0.3 is 0 Å². The number of amides is 1. The Morgan fingerprint density at radius 2 is 2.10 bits per heavy atom. The number of aryl methyl sites for hydroxylation is 1. The highest BCUT2D eigenvalue weighted by atomic mass is 32.1. The number of carbonyl (C=O) groups excluding carboxylic acids is 1. The summed E-state index contributed by atoms with van der Waals surface area (Å²) in [6, 6.07) is 11.4. The van der Waals surface area contributed by atoms with E-state index in [9.17, 15) is 4.79 Å². The van der Waals surface area contributed by atoms with Gasteiger partial charge in [-0.05, 0) is 38.1 Å². The van der Waals surface area contributed by atoms with E-state index in [4.69, 9.17) is 10.5 Å². The number of benzene rings is 1. The molecule has 1 aromatic heterocycles. The predicted octanol–water partition coefficient (Wildman–Crippen LogP) is 3.29. The molecule has 0 bridgehead atoms. The van der Waals surface area contributed by atoms with E-state index in [-0.39, 0.29) is 11.9 Å². The van der Waals surface area contributed by atoms with Crippen molar-refractivity contribution in [2.24, 2.45) is 0 Å². The summed E-state index contributed by atoms with van der Waals surface area (Å²) < 4.78 is 5.52. The number of hydrogen-bond donors (Lipinski definition) is 2. The predicted molar refractivity (Wildman–Crippen MR) is 86.6 cm³/mol. The standard InChI is InChI=1S/C16H20N2O2S/c1-11-7-8-15(21-11)12(2)18-16(19)9-10-20-14-6-4-3-5-13(14)17/h3-8,12H,9-10,17H2,1-2H3,(H,18,19).